The van der Waals surface area contributed by atoms with Crippen LogP contribution in [-0.2, 0) is 4.79 Å². The third kappa shape index (κ3) is 5.00. The Bertz CT molecular complexity index is 365. The zero-order valence-corrected chi connectivity index (χ0v) is 11.4. The fourth-order valence-corrected chi connectivity index (χ4v) is 2.39. The summed E-state index contributed by atoms with van der Waals surface area (Å²) in [4.78, 5) is 14.8. The largest absolute Gasteiger partial charge is 0.395 e. The van der Waals surface area contributed by atoms with Gasteiger partial charge in [-0.2, -0.15) is 0 Å². The van der Waals surface area contributed by atoms with Gasteiger partial charge in [-0.25, -0.2) is 0 Å². The van der Waals surface area contributed by atoms with Gasteiger partial charge in [0.05, 0.1) is 19.2 Å². The van der Waals surface area contributed by atoms with Gasteiger partial charge >= 0.3 is 0 Å². The molecule has 1 aromatic rings. The van der Waals surface area contributed by atoms with Crippen LogP contribution in [0.1, 0.15) is 17.8 Å². The first kappa shape index (κ1) is 14.9. The van der Waals surface area contributed by atoms with Crippen molar-refractivity contribution in [2.75, 3.05) is 26.2 Å². The molecular formula is C13H20N2O2S. The van der Waals surface area contributed by atoms with E-state index >= 15 is 0 Å². The zero-order chi connectivity index (χ0) is 13.4. The Balaban J connectivity index is 2.42. The SMILES string of the molecule is C=CCN(CCO)CC(=O)NC(C)c1cccs1. The van der Waals surface area contributed by atoms with Crippen LogP contribution in [0.4, 0.5) is 0 Å². The van der Waals surface area contributed by atoms with Gasteiger partial charge in [0, 0.05) is 18.0 Å². The molecule has 1 atom stereocenters. The third-order valence-corrected chi connectivity index (χ3v) is 3.57. The second-order valence-corrected chi connectivity index (χ2v) is 5.03. The van der Waals surface area contributed by atoms with Gasteiger partial charge in [-0.15, -0.1) is 17.9 Å². The summed E-state index contributed by atoms with van der Waals surface area (Å²) in [6.45, 7) is 7.01. The molecule has 1 rings (SSSR count). The molecule has 0 aliphatic carbocycles. The van der Waals surface area contributed by atoms with E-state index in [2.05, 4.69) is 11.9 Å². The fourth-order valence-electron chi connectivity index (χ4n) is 1.66. The van der Waals surface area contributed by atoms with Gasteiger partial charge in [-0.1, -0.05) is 12.1 Å². The molecule has 5 heteroatoms. The number of nitrogens with zero attached hydrogens (tertiary/aromatic N) is 1. The molecule has 4 nitrogen and oxygen atoms in total. The Hall–Kier alpha value is -1.17. The molecule has 0 aliphatic heterocycles. The van der Waals surface area contributed by atoms with Crippen molar-refractivity contribution in [3.63, 3.8) is 0 Å². The second kappa shape index (κ2) is 8.02. The Labute approximate surface area is 112 Å². The molecule has 0 aliphatic rings. The van der Waals surface area contributed by atoms with Crippen LogP contribution in [0.2, 0.25) is 0 Å². The summed E-state index contributed by atoms with van der Waals surface area (Å²) < 4.78 is 0. The van der Waals surface area contributed by atoms with E-state index in [1.54, 1.807) is 17.4 Å². The van der Waals surface area contributed by atoms with Gasteiger partial charge in [0.15, 0.2) is 0 Å². The van der Waals surface area contributed by atoms with Gasteiger partial charge in [-0.3, -0.25) is 9.69 Å². The van der Waals surface area contributed by atoms with E-state index in [9.17, 15) is 4.79 Å². The smallest absolute Gasteiger partial charge is 0.234 e. The zero-order valence-electron chi connectivity index (χ0n) is 10.6. The molecule has 0 spiro atoms. The molecule has 18 heavy (non-hydrogen) atoms. The first-order valence-electron chi connectivity index (χ1n) is 5.94. The van der Waals surface area contributed by atoms with Crippen LogP contribution in [-0.4, -0.2) is 42.2 Å². The van der Waals surface area contributed by atoms with E-state index in [1.165, 1.54) is 0 Å². The van der Waals surface area contributed by atoms with Crippen molar-refractivity contribution in [2.24, 2.45) is 0 Å². The van der Waals surface area contributed by atoms with Crippen molar-refractivity contribution in [2.45, 2.75) is 13.0 Å². The van der Waals surface area contributed by atoms with E-state index in [1.807, 2.05) is 29.3 Å². The third-order valence-electron chi connectivity index (χ3n) is 2.52. The first-order valence-corrected chi connectivity index (χ1v) is 6.82. The minimum Gasteiger partial charge on any atom is -0.395 e. The molecule has 1 heterocycles. The number of aliphatic hydroxyl groups is 1. The Morgan fingerprint density at radius 1 is 1.72 bits per heavy atom. The normalized spacial score (nSPS) is 12.4. The van der Waals surface area contributed by atoms with Crippen LogP contribution in [0.5, 0.6) is 0 Å². The molecule has 100 valence electrons. The van der Waals surface area contributed by atoms with Crippen LogP contribution >= 0.6 is 11.3 Å². The Kier molecular flexibility index (Phi) is 6.64. The second-order valence-electron chi connectivity index (χ2n) is 4.05. The molecule has 0 radical (unpaired) electrons. The molecule has 0 saturated carbocycles. The van der Waals surface area contributed by atoms with E-state index < -0.39 is 0 Å². The lowest BCUT2D eigenvalue weighted by atomic mass is 10.2. The Morgan fingerprint density at radius 2 is 2.50 bits per heavy atom. The molecule has 0 saturated heterocycles. The van der Waals surface area contributed by atoms with Crippen molar-refractivity contribution >= 4 is 17.2 Å². The summed E-state index contributed by atoms with van der Waals surface area (Å²) in [6, 6.07) is 4.00. The number of aliphatic hydroxyl groups excluding tert-OH is 1. The molecule has 1 unspecified atom stereocenters. The molecule has 2 N–H and O–H groups in total. The number of nitrogens with one attached hydrogen (secondary N) is 1. The minimum absolute atomic E-state index is 0.0252. The number of hydrogen-bond donors (Lipinski definition) is 2. The van der Waals surface area contributed by atoms with Crippen molar-refractivity contribution in [3.05, 3.63) is 35.0 Å². The van der Waals surface area contributed by atoms with E-state index in [-0.39, 0.29) is 25.1 Å². The quantitative estimate of drug-likeness (QED) is 0.701. The lowest BCUT2D eigenvalue weighted by molar-refractivity contribution is -0.122. The number of carbonyl (C=O) groups excluding carboxylic acids is 1. The fraction of sp³-hybridized carbons (Fsp3) is 0.462. The maximum absolute atomic E-state index is 11.8. The topological polar surface area (TPSA) is 52.6 Å². The van der Waals surface area contributed by atoms with E-state index in [4.69, 9.17) is 5.11 Å². The average molecular weight is 268 g/mol. The monoisotopic (exact) mass is 268 g/mol. The summed E-state index contributed by atoms with van der Waals surface area (Å²) in [5, 5.41) is 13.8. The molecular weight excluding hydrogens is 248 g/mol. The maximum Gasteiger partial charge on any atom is 0.234 e. The number of amides is 1. The minimum atomic E-state index is -0.0359. The molecule has 0 fully saturated rings. The van der Waals surface area contributed by atoms with Gasteiger partial charge in [0.1, 0.15) is 0 Å². The lowest BCUT2D eigenvalue weighted by Crippen LogP contribution is -2.39. The number of rotatable bonds is 8. The summed E-state index contributed by atoms with van der Waals surface area (Å²) in [5.41, 5.74) is 0. The van der Waals surface area contributed by atoms with Crippen LogP contribution in [0.15, 0.2) is 30.2 Å². The molecule has 0 bridgehead atoms. The van der Waals surface area contributed by atoms with Crippen LogP contribution in [0.25, 0.3) is 0 Å². The average Bonchev–Trinajstić information content (AvgIpc) is 2.82. The summed E-state index contributed by atoms with van der Waals surface area (Å²) in [6.07, 6.45) is 1.73. The number of hydrogen-bond acceptors (Lipinski definition) is 4. The van der Waals surface area contributed by atoms with Crippen molar-refractivity contribution in [1.82, 2.24) is 10.2 Å². The van der Waals surface area contributed by atoms with Crippen molar-refractivity contribution in [3.8, 4) is 0 Å². The molecule has 0 aromatic carbocycles. The standard InChI is InChI=1S/C13H20N2O2S/c1-3-6-15(7-8-16)10-13(17)14-11(2)12-5-4-9-18-12/h3-5,9,11,16H,1,6-8,10H2,2H3,(H,14,17). The highest BCUT2D eigenvalue weighted by molar-refractivity contribution is 7.10. The van der Waals surface area contributed by atoms with E-state index in [0.717, 1.165) is 4.88 Å². The predicted octanol–water partition coefficient (Wildman–Crippen LogP) is 1.41. The maximum atomic E-state index is 11.8. The van der Waals surface area contributed by atoms with Crippen LogP contribution in [0.3, 0.4) is 0 Å². The first-order chi connectivity index (χ1) is 8.67. The summed E-state index contributed by atoms with van der Waals surface area (Å²) >= 11 is 1.63. The molecule has 1 aromatic heterocycles. The highest BCUT2D eigenvalue weighted by Gasteiger charge is 2.13. The van der Waals surface area contributed by atoms with Gasteiger partial charge in [0.25, 0.3) is 0 Å². The summed E-state index contributed by atoms with van der Waals surface area (Å²) in [7, 11) is 0. The van der Waals surface area contributed by atoms with Gasteiger partial charge in [-0.05, 0) is 18.4 Å². The van der Waals surface area contributed by atoms with Crippen molar-refractivity contribution in [1.29, 1.82) is 0 Å². The highest BCUT2D eigenvalue weighted by Crippen LogP contribution is 2.17. The lowest BCUT2D eigenvalue weighted by Gasteiger charge is -2.20. The highest BCUT2D eigenvalue weighted by atomic mass is 32.1. The number of carbonyl (C=O) groups is 1. The van der Waals surface area contributed by atoms with Gasteiger partial charge < -0.3 is 10.4 Å². The molecule has 1 amide bonds. The number of thiophene rings is 1. The van der Waals surface area contributed by atoms with Crippen LogP contribution < -0.4 is 5.32 Å². The Morgan fingerprint density at radius 3 is 3.06 bits per heavy atom. The van der Waals surface area contributed by atoms with E-state index in [0.29, 0.717) is 13.1 Å². The van der Waals surface area contributed by atoms with Gasteiger partial charge in [0.2, 0.25) is 5.91 Å². The van der Waals surface area contributed by atoms with Crippen LogP contribution in [0, 0.1) is 0 Å². The predicted molar refractivity (Wildman–Crippen MR) is 74.6 cm³/mol. The van der Waals surface area contributed by atoms with Crippen molar-refractivity contribution < 1.29 is 9.90 Å². The summed E-state index contributed by atoms with van der Waals surface area (Å²) in [5.74, 6) is -0.0359.